The van der Waals surface area contributed by atoms with Crippen molar-refractivity contribution in [3.05, 3.63) is 27.4 Å². The fraction of sp³-hybridized carbons (Fsp3) is 0.500. The number of hydrogen-bond donors (Lipinski definition) is 0. The van der Waals surface area contributed by atoms with E-state index < -0.39 is 0 Å². The molecule has 4 aromatic heterocycles. The average Bonchev–Trinajstić information content (AvgIpc) is 3.13. The summed E-state index contributed by atoms with van der Waals surface area (Å²) in [7, 11) is 0. The summed E-state index contributed by atoms with van der Waals surface area (Å²) in [5, 5.41) is 8.04. The van der Waals surface area contributed by atoms with Gasteiger partial charge in [0.1, 0.15) is 10.0 Å². The van der Waals surface area contributed by atoms with Gasteiger partial charge in [-0.2, -0.15) is 5.10 Å². The molecule has 4 aromatic rings. The molecule has 0 N–H and O–H groups in total. The summed E-state index contributed by atoms with van der Waals surface area (Å²) in [5.41, 5.74) is 0.0123. The van der Waals surface area contributed by atoms with Crippen LogP contribution in [0.1, 0.15) is 49.6 Å². The standard InChI is InChI=1S/C16H19N5S3/c1-15(2,3)12-19-11-10(23-12)18-9(22-11)8-16(4,5)13-20-21-7-6-17-14(21)24-13/h6-7H,8H2,1-5H3. The molecule has 0 bridgehead atoms. The zero-order chi connectivity index (χ0) is 17.1. The van der Waals surface area contributed by atoms with Gasteiger partial charge in [-0.05, 0) is 0 Å². The maximum Gasteiger partial charge on any atom is 0.212 e. The number of fused-ring (bicyclic) bond motifs is 2. The van der Waals surface area contributed by atoms with Gasteiger partial charge >= 0.3 is 0 Å². The Morgan fingerprint density at radius 1 is 0.958 bits per heavy atom. The van der Waals surface area contributed by atoms with Crippen molar-refractivity contribution in [3.8, 4) is 0 Å². The Morgan fingerprint density at radius 3 is 2.38 bits per heavy atom. The van der Waals surface area contributed by atoms with Crippen LogP contribution in [0.2, 0.25) is 0 Å². The van der Waals surface area contributed by atoms with Crippen LogP contribution in [0, 0.1) is 0 Å². The fourth-order valence-corrected chi connectivity index (χ4v) is 5.75. The lowest BCUT2D eigenvalue weighted by molar-refractivity contribution is 0.510. The average molecular weight is 378 g/mol. The normalized spacial score (nSPS) is 13.4. The monoisotopic (exact) mass is 377 g/mol. The van der Waals surface area contributed by atoms with Gasteiger partial charge in [0.2, 0.25) is 4.96 Å². The van der Waals surface area contributed by atoms with E-state index in [0.717, 1.165) is 36.1 Å². The van der Waals surface area contributed by atoms with E-state index in [2.05, 4.69) is 44.7 Å². The minimum Gasteiger partial charge on any atom is -0.228 e. The third-order valence-electron chi connectivity index (χ3n) is 3.81. The highest BCUT2D eigenvalue weighted by atomic mass is 32.1. The predicted octanol–water partition coefficient (Wildman–Crippen LogP) is 4.67. The lowest BCUT2D eigenvalue weighted by Crippen LogP contribution is -2.20. The quantitative estimate of drug-likeness (QED) is 0.520. The maximum absolute atomic E-state index is 4.83. The summed E-state index contributed by atoms with van der Waals surface area (Å²) < 4.78 is 1.85. The molecule has 0 radical (unpaired) electrons. The molecule has 5 nitrogen and oxygen atoms in total. The highest BCUT2D eigenvalue weighted by Gasteiger charge is 2.28. The van der Waals surface area contributed by atoms with Crippen LogP contribution in [-0.2, 0) is 17.3 Å². The number of thiazole rings is 2. The molecule has 4 heterocycles. The van der Waals surface area contributed by atoms with Crippen molar-refractivity contribution in [3.63, 3.8) is 0 Å². The summed E-state index contributed by atoms with van der Waals surface area (Å²) >= 11 is 5.07. The van der Waals surface area contributed by atoms with E-state index in [1.807, 2.05) is 10.7 Å². The Hall–Kier alpha value is -1.38. The van der Waals surface area contributed by atoms with E-state index >= 15 is 0 Å². The summed E-state index contributed by atoms with van der Waals surface area (Å²) in [6.07, 6.45) is 4.54. The van der Waals surface area contributed by atoms with Gasteiger partial charge < -0.3 is 0 Å². The summed E-state index contributed by atoms with van der Waals surface area (Å²) in [5.74, 6) is 0. The van der Waals surface area contributed by atoms with Crippen LogP contribution in [0.25, 0.3) is 14.6 Å². The number of nitrogens with zero attached hydrogens (tertiary/aromatic N) is 5. The molecule has 8 heteroatoms. The Kier molecular flexibility index (Phi) is 3.56. The van der Waals surface area contributed by atoms with Gasteiger partial charge in [0.05, 0.1) is 11.2 Å². The van der Waals surface area contributed by atoms with Crippen molar-refractivity contribution in [2.75, 3.05) is 0 Å². The second kappa shape index (κ2) is 5.31. The Bertz CT molecular complexity index is 952. The van der Waals surface area contributed by atoms with Crippen LogP contribution in [0.3, 0.4) is 0 Å². The number of aromatic nitrogens is 5. The molecule has 0 unspecified atom stereocenters. The molecular formula is C16H19N5S3. The second-order valence-electron chi connectivity index (χ2n) is 7.61. The summed E-state index contributed by atoms with van der Waals surface area (Å²) in [6, 6.07) is 0. The van der Waals surface area contributed by atoms with Gasteiger partial charge in [-0.25, -0.2) is 19.5 Å². The van der Waals surface area contributed by atoms with Gasteiger partial charge in [0.25, 0.3) is 0 Å². The van der Waals surface area contributed by atoms with Crippen LogP contribution < -0.4 is 0 Å². The van der Waals surface area contributed by atoms with Crippen LogP contribution in [0.4, 0.5) is 0 Å². The first kappa shape index (κ1) is 16.1. The van der Waals surface area contributed by atoms with Gasteiger partial charge in [0, 0.05) is 23.4 Å². The Balaban J connectivity index is 1.62. The van der Waals surface area contributed by atoms with Crippen molar-refractivity contribution in [1.82, 2.24) is 24.6 Å². The topological polar surface area (TPSA) is 56.0 Å². The van der Waals surface area contributed by atoms with Crippen molar-refractivity contribution in [2.45, 2.75) is 51.9 Å². The van der Waals surface area contributed by atoms with Crippen molar-refractivity contribution in [1.29, 1.82) is 0 Å². The third-order valence-corrected chi connectivity index (χ3v) is 7.57. The zero-order valence-electron chi connectivity index (χ0n) is 14.3. The van der Waals surface area contributed by atoms with Crippen molar-refractivity contribution in [2.24, 2.45) is 0 Å². The first-order valence-electron chi connectivity index (χ1n) is 7.80. The third kappa shape index (κ3) is 2.76. The second-order valence-corrected chi connectivity index (χ2v) is 10.6. The molecule has 0 aliphatic carbocycles. The molecule has 24 heavy (non-hydrogen) atoms. The number of imidazole rings is 1. The maximum atomic E-state index is 4.83. The molecule has 0 spiro atoms. The lowest BCUT2D eigenvalue weighted by Gasteiger charge is -2.19. The minimum atomic E-state index is -0.0712. The Morgan fingerprint density at radius 2 is 1.71 bits per heavy atom. The van der Waals surface area contributed by atoms with Crippen molar-refractivity contribution >= 4 is 48.6 Å². The molecule has 0 aliphatic rings. The van der Waals surface area contributed by atoms with E-state index in [0.29, 0.717) is 0 Å². The van der Waals surface area contributed by atoms with E-state index in [-0.39, 0.29) is 10.8 Å². The first-order chi connectivity index (χ1) is 11.2. The van der Waals surface area contributed by atoms with Crippen LogP contribution in [-0.4, -0.2) is 24.6 Å². The fourth-order valence-electron chi connectivity index (χ4n) is 2.44. The van der Waals surface area contributed by atoms with Crippen molar-refractivity contribution < 1.29 is 0 Å². The highest BCUT2D eigenvalue weighted by Crippen LogP contribution is 2.37. The number of rotatable bonds is 3. The molecular weight excluding hydrogens is 358 g/mol. The zero-order valence-corrected chi connectivity index (χ0v) is 16.8. The minimum absolute atomic E-state index is 0.0712. The molecule has 0 amide bonds. The Labute approximate surface area is 152 Å². The van der Waals surface area contributed by atoms with Gasteiger partial charge in [0.15, 0.2) is 9.66 Å². The van der Waals surface area contributed by atoms with Gasteiger partial charge in [-0.15, -0.1) is 0 Å². The molecule has 126 valence electrons. The van der Waals surface area contributed by atoms with Gasteiger partial charge in [-0.1, -0.05) is 68.6 Å². The molecule has 0 fully saturated rings. The predicted molar refractivity (Wildman–Crippen MR) is 102 cm³/mol. The molecule has 0 atom stereocenters. The number of hydrogen-bond acceptors (Lipinski definition) is 7. The van der Waals surface area contributed by atoms with E-state index in [9.17, 15) is 0 Å². The van der Waals surface area contributed by atoms with E-state index in [1.54, 1.807) is 40.2 Å². The lowest BCUT2D eigenvalue weighted by atomic mass is 9.91. The summed E-state index contributed by atoms with van der Waals surface area (Å²) in [6.45, 7) is 11.0. The molecule has 4 rings (SSSR count). The van der Waals surface area contributed by atoms with E-state index in [1.165, 1.54) is 0 Å². The van der Waals surface area contributed by atoms with Crippen LogP contribution in [0.15, 0.2) is 12.4 Å². The molecule has 0 aliphatic heterocycles. The molecule has 0 aromatic carbocycles. The van der Waals surface area contributed by atoms with Crippen LogP contribution >= 0.6 is 34.0 Å². The van der Waals surface area contributed by atoms with E-state index in [4.69, 9.17) is 9.97 Å². The molecule has 0 saturated heterocycles. The largest absolute Gasteiger partial charge is 0.228 e. The molecule has 0 saturated carbocycles. The van der Waals surface area contributed by atoms with Crippen LogP contribution in [0.5, 0.6) is 0 Å². The SMILES string of the molecule is CC(C)(C)c1nc2sc(CC(C)(C)c3nn4ccnc4s3)nc2s1. The highest BCUT2D eigenvalue weighted by molar-refractivity contribution is 7.26. The first-order valence-corrected chi connectivity index (χ1v) is 10.2. The smallest absolute Gasteiger partial charge is 0.212 e. The summed E-state index contributed by atoms with van der Waals surface area (Å²) in [4.78, 5) is 17.0. The van der Waals surface area contributed by atoms with Gasteiger partial charge in [-0.3, -0.25) is 0 Å².